The highest BCUT2D eigenvalue weighted by Gasteiger charge is 2.33. The molecule has 2 aromatic carbocycles. The number of oxime groups is 1. The fraction of sp³-hybridized carbons (Fsp3) is 0.261. The van der Waals surface area contributed by atoms with Gasteiger partial charge in [-0.05, 0) is 44.4 Å². The molecule has 1 aliphatic carbocycles. The predicted molar refractivity (Wildman–Crippen MR) is 122 cm³/mol. The van der Waals surface area contributed by atoms with Crippen LogP contribution in [0.3, 0.4) is 0 Å². The highest BCUT2D eigenvalue weighted by atomic mass is 35.5. The van der Waals surface area contributed by atoms with Gasteiger partial charge in [-0.1, -0.05) is 11.1 Å². The van der Waals surface area contributed by atoms with Crippen LogP contribution in [0.1, 0.15) is 11.1 Å². The molecule has 0 saturated carbocycles. The molecule has 0 spiro atoms. The highest BCUT2D eigenvalue weighted by molar-refractivity contribution is 6.30. The number of terminal acetylenes is 1. The summed E-state index contributed by atoms with van der Waals surface area (Å²) in [4.78, 5) is 11.0. The molecule has 31 heavy (non-hydrogen) atoms. The van der Waals surface area contributed by atoms with Crippen molar-refractivity contribution in [2.24, 2.45) is 5.16 Å². The van der Waals surface area contributed by atoms with Crippen LogP contribution >= 0.6 is 12.4 Å². The van der Waals surface area contributed by atoms with E-state index in [9.17, 15) is 0 Å². The lowest BCUT2D eigenvalue weighted by atomic mass is 10.1. The highest BCUT2D eigenvalue weighted by Crippen LogP contribution is 2.47. The monoisotopic (exact) mass is 439 g/mol. The summed E-state index contributed by atoms with van der Waals surface area (Å²) in [5, 5.41) is 5.38. The number of halogens is 1. The second-order valence-corrected chi connectivity index (χ2v) is 7.40. The SMILES string of the molecule is C#CCON=C1c2cc3c(cc2-c2[nH]c4ccc(OCCN(C)C)cc4c21)OCO3.Cl. The zero-order chi connectivity index (χ0) is 20.7. The molecule has 1 aliphatic heterocycles. The molecule has 2 heterocycles. The minimum Gasteiger partial charge on any atom is -0.492 e. The summed E-state index contributed by atoms with van der Waals surface area (Å²) >= 11 is 0. The Morgan fingerprint density at radius 3 is 2.68 bits per heavy atom. The number of aromatic amines is 1. The molecular formula is C23H22ClN3O4. The van der Waals surface area contributed by atoms with Crippen molar-refractivity contribution in [1.29, 1.82) is 0 Å². The van der Waals surface area contributed by atoms with E-state index in [4.69, 9.17) is 25.5 Å². The summed E-state index contributed by atoms with van der Waals surface area (Å²) in [6.45, 7) is 1.76. The van der Waals surface area contributed by atoms with Crippen LogP contribution in [-0.4, -0.2) is 56.2 Å². The summed E-state index contributed by atoms with van der Waals surface area (Å²) in [6, 6.07) is 9.93. The summed E-state index contributed by atoms with van der Waals surface area (Å²) in [5.41, 5.74) is 5.53. The normalized spacial score (nSPS) is 14.3. The van der Waals surface area contributed by atoms with Gasteiger partial charge >= 0.3 is 0 Å². The van der Waals surface area contributed by atoms with Gasteiger partial charge < -0.3 is 28.9 Å². The number of hydrogen-bond donors (Lipinski definition) is 1. The van der Waals surface area contributed by atoms with Gasteiger partial charge in [-0.2, -0.15) is 0 Å². The first kappa shape index (κ1) is 20.9. The Morgan fingerprint density at radius 2 is 1.94 bits per heavy atom. The molecule has 160 valence electrons. The summed E-state index contributed by atoms with van der Waals surface area (Å²) in [7, 11) is 4.04. The van der Waals surface area contributed by atoms with Gasteiger partial charge in [-0.25, -0.2) is 0 Å². The van der Waals surface area contributed by atoms with Crippen LogP contribution in [0.4, 0.5) is 0 Å². The maximum Gasteiger partial charge on any atom is 0.231 e. The van der Waals surface area contributed by atoms with Gasteiger partial charge in [0, 0.05) is 34.1 Å². The predicted octanol–water partition coefficient (Wildman–Crippen LogP) is 3.64. The molecule has 3 aromatic rings. The third kappa shape index (κ3) is 3.65. The van der Waals surface area contributed by atoms with Crippen molar-refractivity contribution in [1.82, 2.24) is 9.88 Å². The number of rotatable bonds is 6. The van der Waals surface area contributed by atoms with Crippen LogP contribution in [-0.2, 0) is 4.84 Å². The third-order valence-electron chi connectivity index (χ3n) is 5.15. The van der Waals surface area contributed by atoms with Gasteiger partial charge in [0.05, 0.1) is 5.69 Å². The van der Waals surface area contributed by atoms with Crippen molar-refractivity contribution >= 4 is 29.0 Å². The van der Waals surface area contributed by atoms with Crippen LogP contribution in [0.2, 0.25) is 0 Å². The Kier molecular flexibility index (Phi) is 5.68. The van der Waals surface area contributed by atoms with Gasteiger partial charge in [-0.3, -0.25) is 0 Å². The van der Waals surface area contributed by atoms with E-state index in [1.807, 2.05) is 44.4 Å². The quantitative estimate of drug-likeness (QED) is 0.282. The summed E-state index contributed by atoms with van der Waals surface area (Å²) < 4.78 is 17.1. The Balaban J connectivity index is 0.00000231. The van der Waals surface area contributed by atoms with Crippen LogP contribution in [0.15, 0.2) is 35.5 Å². The average Bonchev–Trinajstić information content (AvgIpc) is 3.40. The van der Waals surface area contributed by atoms with E-state index in [1.165, 1.54) is 0 Å². The first-order valence-corrected chi connectivity index (χ1v) is 9.67. The van der Waals surface area contributed by atoms with Crippen molar-refractivity contribution in [3.05, 3.63) is 41.5 Å². The molecule has 0 radical (unpaired) electrons. The van der Waals surface area contributed by atoms with Crippen molar-refractivity contribution in [3.63, 3.8) is 0 Å². The fourth-order valence-corrected chi connectivity index (χ4v) is 3.76. The standard InChI is InChI=1S/C23H21N3O4.ClH/c1-4-8-30-25-23-16-12-20-19(28-13-29-20)11-15(16)22-21(23)17-10-14(5-6-18(17)24-22)27-9-7-26(2)3;/h1,5-6,10-12,24H,7-9,13H2,2-3H3;1H. The molecule has 1 N–H and O–H groups in total. The molecule has 0 amide bonds. The van der Waals surface area contributed by atoms with Crippen molar-refractivity contribution in [3.8, 4) is 40.8 Å². The second kappa shape index (κ2) is 8.42. The molecule has 8 heteroatoms. The van der Waals surface area contributed by atoms with Crippen molar-refractivity contribution < 1.29 is 19.0 Å². The lowest BCUT2D eigenvalue weighted by Gasteiger charge is -2.11. The maximum atomic E-state index is 5.94. The van der Waals surface area contributed by atoms with Crippen LogP contribution in [0, 0.1) is 12.3 Å². The van der Waals surface area contributed by atoms with Gasteiger partial charge in [0.1, 0.15) is 18.1 Å². The number of aromatic nitrogens is 1. The van der Waals surface area contributed by atoms with Crippen LogP contribution < -0.4 is 14.2 Å². The third-order valence-corrected chi connectivity index (χ3v) is 5.15. The molecular weight excluding hydrogens is 418 g/mol. The molecule has 1 aromatic heterocycles. The Hall–Kier alpha value is -3.34. The fourth-order valence-electron chi connectivity index (χ4n) is 3.76. The van der Waals surface area contributed by atoms with Crippen LogP contribution in [0.25, 0.3) is 22.2 Å². The van der Waals surface area contributed by atoms with Gasteiger partial charge in [-0.15, -0.1) is 18.8 Å². The smallest absolute Gasteiger partial charge is 0.231 e. The maximum absolute atomic E-state index is 5.94. The van der Waals surface area contributed by atoms with E-state index < -0.39 is 0 Å². The number of benzene rings is 2. The van der Waals surface area contributed by atoms with E-state index in [0.717, 1.165) is 51.3 Å². The second-order valence-electron chi connectivity index (χ2n) is 7.40. The number of nitrogens with one attached hydrogen (secondary N) is 1. The molecule has 2 aliphatic rings. The molecule has 5 rings (SSSR count). The number of H-pyrrole nitrogens is 1. The Labute approximate surface area is 186 Å². The number of likely N-dealkylation sites (N-methyl/N-ethyl adjacent to an activating group) is 1. The minimum absolute atomic E-state index is 0. The number of fused-ring (bicyclic) bond motifs is 6. The van der Waals surface area contributed by atoms with E-state index in [0.29, 0.717) is 18.1 Å². The zero-order valence-corrected chi connectivity index (χ0v) is 18.0. The van der Waals surface area contributed by atoms with Crippen molar-refractivity contribution in [2.75, 3.05) is 40.6 Å². The van der Waals surface area contributed by atoms with E-state index in [-0.39, 0.29) is 25.8 Å². The molecule has 0 unspecified atom stereocenters. The van der Waals surface area contributed by atoms with Gasteiger partial charge in [0.2, 0.25) is 6.79 Å². The molecule has 0 saturated heterocycles. The van der Waals surface area contributed by atoms with E-state index in [1.54, 1.807) is 0 Å². The average molecular weight is 440 g/mol. The Bertz CT molecular complexity index is 1210. The Morgan fingerprint density at radius 1 is 1.16 bits per heavy atom. The molecule has 7 nitrogen and oxygen atoms in total. The van der Waals surface area contributed by atoms with Gasteiger partial charge in [0.15, 0.2) is 18.1 Å². The first-order valence-electron chi connectivity index (χ1n) is 9.67. The van der Waals surface area contributed by atoms with Crippen molar-refractivity contribution in [2.45, 2.75) is 0 Å². The lowest BCUT2D eigenvalue weighted by Crippen LogP contribution is -2.19. The minimum atomic E-state index is 0. The summed E-state index contributed by atoms with van der Waals surface area (Å²) in [5.74, 6) is 4.67. The van der Waals surface area contributed by atoms with Gasteiger partial charge in [0.25, 0.3) is 0 Å². The summed E-state index contributed by atoms with van der Waals surface area (Å²) in [6.07, 6.45) is 5.33. The van der Waals surface area contributed by atoms with E-state index in [2.05, 4.69) is 21.0 Å². The zero-order valence-electron chi connectivity index (χ0n) is 17.2. The molecule has 0 fully saturated rings. The lowest BCUT2D eigenvalue weighted by molar-refractivity contribution is 0.174. The van der Waals surface area contributed by atoms with E-state index >= 15 is 0 Å². The topological polar surface area (TPSA) is 68.3 Å². The largest absolute Gasteiger partial charge is 0.492 e. The first-order chi connectivity index (χ1) is 14.7. The number of ether oxygens (including phenoxy) is 3. The van der Waals surface area contributed by atoms with Crippen LogP contribution in [0.5, 0.6) is 17.2 Å². The number of hydrogen-bond acceptors (Lipinski definition) is 6. The number of nitrogens with zero attached hydrogens (tertiary/aromatic N) is 2. The molecule has 0 bridgehead atoms. The molecule has 0 atom stereocenters.